The van der Waals surface area contributed by atoms with Crippen molar-refractivity contribution in [1.29, 1.82) is 0 Å². The Hall–Kier alpha value is -0.501. The van der Waals surface area contributed by atoms with Crippen molar-refractivity contribution in [3.63, 3.8) is 0 Å². The molecule has 0 amide bonds. The van der Waals surface area contributed by atoms with Crippen molar-refractivity contribution in [2.75, 3.05) is 0 Å². The zero-order valence-electron chi connectivity index (χ0n) is 8.20. The average molecular weight is 449 g/mol. The molecule has 0 bridgehead atoms. The zero-order valence-corrected chi connectivity index (χ0v) is 12.2. The van der Waals surface area contributed by atoms with Crippen molar-refractivity contribution in [2.45, 2.75) is 0 Å². The van der Waals surface area contributed by atoms with Crippen molar-refractivity contribution in [3.05, 3.63) is 66.0 Å². The van der Waals surface area contributed by atoms with E-state index in [0.717, 1.165) is 15.7 Å². The number of aromatic nitrogens is 1. The Bertz CT molecular complexity index is 477. The second-order valence-electron chi connectivity index (χ2n) is 3.12. The third-order valence-electron chi connectivity index (χ3n) is 1.90. The second kappa shape index (κ2) is 5.72. The van der Waals surface area contributed by atoms with E-state index < -0.39 is 0 Å². The summed E-state index contributed by atoms with van der Waals surface area (Å²) in [6.07, 6.45) is 0. The molecule has 2 aromatic rings. The van der Waals surface area contributed by atoms with Gasteiger partial charge in [-0.3, -0.25) is 0 Å². The fourth-order valence-corrected chi connectivity index (χ4v) is 1.77. The van der Waals surface area contributed by atoms with E-state index in [1.807, 2.05) is 18.2 Å². The van der Waals surface area contributed by atoms with Crippen LogP contribution in [0.25, 0.3) is 11.3 Å². The van der Waals surface area contributed by atoms with Gasteiger partial charge >= 0.3 is 0 Å². The number of halogens is 1. The van der Waals surface area contributed by atoms with E-state index in [-0.39, 0.29) is 20.1 Å². The minimum Gasteiger partial charge on any atom is -0.301 e. The SMILES string of the molecule is [CH]c1[c-]c(-c2cccc([CH])n2)cc(Br)c1.[Ir]. The Morgan fingerprint density at radius 3 is 2.56 bits per heavy atom. The molecular weight excluding hydrogens is 442 g/mol. The van der Waals surface area contributed by atoms with Crippen molar-refractivity contribution in [2.24, 2.45) is 0 Å². The van der Waals surface area contributed by atoms with Gasteiger partial charge in [-0.2, -0.15) is 0 Å². The maximum Gasteiger partial charge on any atom is 0.0341 e. The fourth-order valence-electron chi connectivity index (χ4n) is 1.30. The monoisotopic (exact) mass is 449 g/mol. The van der Waals surface area contributed by atoms with Crippen LogP contribution in [0.3, 0.4) is 0 Å². The molecule has 5 radical (unpaired) electrons. The molecule has 1 aromatic heterocycles. The van der Waals surface area contributed by atoms with Crippen LogP contribution in [0, 0.1) is 19.9 Å². The van der Waals surface area contributed by atoms with Gasteiger partial charge in [0, 0.05) is 32.7 Å². The Balaban J connectivity index is 0.00000128. The normalized spacial score (nSPS) is 9.69. The van der Waals surface area contributed by atoms with Crippen molar-refractivity contribution in [1.82, 2.24) is 4.98 Å². The van der Waals surface area contributed by atoms with Gasteiger partial charge in [0.1, 0.15) is 0 Å². The number of hydrogen-bond acceptors (Lipinski definition) is 1. The summed E-state index contributed by atoms with van der Waals surface area (Å²) in [5.74, 6) is 0. The van der Waals surface area contributed by atoms with Crippen LogP contribution < -0.4 is 0 Å². The van der Waals surface area contributed by atoms with Crippen molar-refractivity contribution < 1.29 is 20.1 Å². The van der Waals surface area contributed by atoms with Gasteiger partial charge in [-0.1, -0.05) is 32.5 Å². The summed E-state index contributed by atoms with van der Waals surface area (Å²) in [5, 5.41) is 0. The molecule has 3 heteroatoms. The van der Waals surface area contributed by atoms with E-state index in [1.165, 1.54) is 0 Å². The maximum absolute atomic E-state index is 5.69. The van der Waals surface area contributed by atoms with Crippen LogP contribution in [-0.2, 0) is 20.1 Å². The van der Waals surface area contributed by atoms with Crippen molar-refractivity contribution >= 4 is 15.9 Å². The van der Waals surface area contributed by atoms with E-state index in [0.29, 0.717) is 11.3 Å². The number of hydrogen-bond donors (Lipinski definition) is 0. The molecule has 0 unspecified atom stereocenters. The maximum atomic E-state index is 5.69. The molecule has 0 fully saturated rings. The second-order valence-corrected chi connectivity index (χ2v) is 4.03. The summed E-state index contributed by atoms with van der Waals surface area (Å²) in [7, 11) is 0. The Morgan fingerprint density at radius 2 is 1.94 bits per heavy atom. The number of nitrogens with zero attached hydrogens (tertiary/aromatic N) is 1. The van der Waals surface area contributed by atoms with Gasteiger partial charge in [0.15, 0.2) is 0 Å². The molecule has 0 atom stereocenters. The molecule has 1 heterocycles. The Kier molecular flexibility index (Phi) is 4.85. The van der Waals surface area contributed by atoms with Gasteiger partial charge in [0.05, 0.1) is 0 Å². The predicted octanol–water partition coefficient (Wildman–Crippen LogP) is 3.43. The molecule has 0 saturated carbocycles. The number of benzene rings is 1. The zero-order chi connectivity index (χ0) is 10.8. The number of rotatable bonds is 1. The third kappa shape index (κ3) is 3.24. The standard InChI is InChI=1S/C13H7BrN.Ir/c1-9-6-11(8-12(14)7-9)13-5-3-4-10(2)15-13;/h1-5,7-8H;/q-1;. The van der Waals surface area contributed by atoms with Crippen LogP contribution >= 0.6 is 15.9 Å². The molecule has 0 N–H and O–H groups in total. The van der Waals surface area contributed by atoms with Crippen LogP contribution in [-0.4, -0.2) is 4.98 Å². The van der Waals surface area contributed by atoms with Crippen LogP contribution in [0.5, 0.6) is 0 Å². The molecule has 0 spiro atoms. The van der Waals surface area contributed by atoms with E-state index in [2.05, 4.69) is 27.0 Å². The first-order chi connectivity index (χ1) is 7.15. The fraction of sp³-hybridized carbons (Fsp3) is 0. The molecule has 0 aliphatic carbocycles. The van der Waals surface area contributed by atoms with E-state index in [4.69, 9.17) is 13.8 Å². The summed E-state index contributed by atoms with van der Waals surface area (Å²) < 4.78 is 0.901. The van der Waals surface area contributed by atoms with Gasteiger partial charge in [-0.05, 0) is 18.7 Å². The summed E-state index contributed by atoms with van der Waals surface area (Å²) in [5.41, 5.74) is 2.65. The van der Waals surface area contributed by atoms with Crippen molar-refractivity contribution in [3.8, 4) is 11.3 Å². The van der Waals surface area contributed by atoms with Gasteiger partial charge in [-0.15, -0.1) is 29.3 Å². The smallest absolute Gasteiger partial charge is 0.0341 e. The van der Waals surface area contributed by atoms with Crippen LogP contribution in [0.4, 0.5) is 0 Å². The number of pyridine rings is 1. The Labute approximate surface area is 118 Å². The quantitative estimate of drug-likeness (QED) is 0.609. The molecule has 1 aromatic carbocycles. The Morgan fingerprint density at radius 1 is 1.19 bits per heavy atom. The first-order valence-corrected chi connectivity index (χ1v) is 5.16. The van der Waals surface area contributed by atoms with E-state index in [1.54, 1.807) is 12.1 Å². The van der Waals surface area contributed by atoms with E-state index in [9.17, 15) is 0 Å². The van der Waals surface area contributed by atoms with Crippen LogP contribution in [0.1, 0.15) is 11.3 Å². The molecule has 16 heavy (non-hydrogen) atoms. The van der Waals surface area contributed by atoms with Gasteiger partial charge in [0.2, 0.25) is 0 Å². The molecule has 0 aliphatic rings. The predicted molar refractivity (Wildman–Crippen MR) is 63.0 cm³/mol. The van der Waals surface area contributed by atoms with Crippen LogP contribution in [0.15, 0.2) is 34.8 Å². The largest absolute Gasteiger partial charge is 0.301 e. The molecule has 81 valence electrons. The topological polar surface area (TPSA) is 12.9 Å². The minimum atomic E-state index is 0. The average Bonchev–Trinajstić information content (AvgIpc) is 2.16. The summed E-state index contributed by atoms with van der Waals surface area (Å²) in [4.78, 5) is 4.20. The summed E-state index contributed by atoms with van der Waals surface area (Å²) >= 11 is 3.37. The minimum absolute atomic E-state index is 0. The molecule has 0 aliphatic heterocycles. The van der Waals surface area contributed by atoms with Gasteiger partial charge in [-0.25, -0.2) is 0 Å². The van der Waals surface area contributed by atoms with Gasteiger partial charge in [0.25, 0.3) is 0 Å². The summed E-state index contributed by atoms with van der Waals surface area (Å²) in [6, 6.07) is 12.2. The van der Waals surface area contributed by atoms with Gasteiger partial charge < -0.3 is 4.98 Å². The molecule has 2 rings (SSSR count). The summed E-state index contributed by atoms with van der Waals surface area (Å²) in [6.45, 7) is 11.3. The van der Waals surface area contributed by atoms with E-state index >= 15 is 0 Å². The van der Waals surface area contributed by atoms with Crippen LogP contribution in [0.2, 0.25) is 0 Å². The first kappa shape index (κ1) is 13.6. The molecule has 0 saturated heterocycles. The third-order valence-corrected chi connectivity index (χ3v) is 2.36. The molecule has 1 nitrogen and oxygen atoms in total. The molecular formula is C13H7BrIrN-. The first-order valence-electron chi connectivity index (χ1n) is 4.36.